The molecule has 2 heteroatoms. The highest BCUT2D eigenvalue weighted by molar-refractivity contribution is 7.80. The highest BCUT2D eigenvalue weighted by Gasteiger charge is 2.05. The molecule has 1 aromatic rings. The number of benzene rings is 1. The van der Waals surface area contributed by atoms with E-state index in [2.05, 4.69) is 36.9 Å². The Morgan fingerprint density at radius 1 is 1.12 bits per heavy atom. The number of thiol groups is 1. The standard InChI is InChI=1S/C15H15NS/c16-11-14-3-1-2-12(4-5-14)10-13-6-8-15(17)9-7-13/h4-9,17H,1-3,10H2. The molecule has 0 aromatic heterocycles. The summed E-state index contributed by atoms with van der Waals surface area (Å²) in [6, 6.07) is 10.5. The molecule has 0 saturated carbocycles. The van der Waals surface area contributed by atoms with Gasteiger partial charge in [0.1, 0.15) is 0 Å². The summed E-state index contributed by atoms with van der Waals surface area (Å²) in [5.74, 6) is 0. The molecule has 1 aromatic carbocycles. The van der Waals surface area contributed by atoms with Gasteiger partial charge in [0.2, 0.25) is 0 Å². The normalized spacial score (nSPS) is 15.5. The molecule has 0 aliphatic heterocycles. The lowest BCUT2D eigenvalue weighted by Gasteiger charge is -2.05. The molecule has 0 unspecified atom stereocenters. The molecule has 0 bridgehead atoms. The summed E-state index contributed by atoms with van der Waals surface area (Å²) in [5.41, 5.74) is 3.61. The van der Waals surface area contributed by atoms with Gasteiger partial charge in [0, 0.05) is 10.5 Å². The average molecular weight is 241 g/mol. The van der Waals surface area contributed by atoms with Crippen LogP contribution in [0.2, 0.25) is 0 Å². The summed E-state index contributed by atoms with van der Waals surface area (Å²) >= 11 is 4.28. The molecule has 0 N–H and O–H groups in total. The maximum absolute atomic E-state index is 8.87. The van der Waals surface area contributed by atoms with Gasteiger partial charge >= 0.3 is 0 Å². The van der Waals surface area contributed by atoms with E-state index in [1.807, 2.05) is 18.2 Å². The van der Waals surface area contributed by atoms with Gasteiger partial charge in [0.25, 0.3) is 0 Å². The Balaban J connectivity index is 2.09. The lowest BCUT2D eigenvalue weighted by atomic mass is 10.0. The second kappa shape index (κ2) is 5.75. The zero-order valence-corrected chi connectivity index (χ0v) is 10.6. The van der Waals surface area contributed by atoms with Gasteiger partial charge in [-0.2, -0.15) is 5.26 Å². The molecule has 0 radical (unpaired) electrons. The van der Waals surface area contributed by atoms with Crippen LogP contribution in [-0.2, 0) is 6.42 Å². The van der Waals surface area contributed by atoms with Crippen LogP contribution in [0.5, 0.6) is 0 Å². The average Bonchev–Trinajstić information content (AvgIpc) is 2.57. The first-order valence-corrected chi connectivity index (χ1v) is 6.29. The Labute approximate surface area is 108 Å². The first-order chi connectivity index (χ1) is 8.28. The van der Waals surface area contributed by atoms with E-state index in [0.29, 0.717) is 0 Å². The third-order valence-electron chi connectivity index (χ3n) is 2.98. The molecule has 17 heavy (non-hydrogen) atoms. The SMILES string of the molecule is N#CC1=CC=C(Cc2ccc(S)cc2)CCC1. The zero-order valence-electron chi connectivity index (χ0n) is 9.69. The number of allylic oxidation sites excluding steroid dienone is 4. The van der Waals surface area contributed by atoms with E-state index in [-0.39, 0.29) is 0 Å². The number of rotatable bonds is 2. The second-order valence-electron chi connectivity index (χ2n) is 4.33. The predicted molar refractivity (Wildman–Crippen MR) is 73.0 cm³/mol. The number of nitriles is 1. The van der Waals surface area contributed by atoms with Crippen LogP contribution in [0.4, 0.5) is 0 Å². The van der Waals surface area contributed by atoms with Crippen molar-refractivity contribution in [2.24, 2.45) is 0 Å². The fraction of sp³-hybridized carbons (Fsp3) is 0.267. The van der Waals surface area contributed by atoms with Gasteiger partial charge in [-0.15, -0.1) is 12.6 Å². The summed E-state index contributed by atoms with van der Waals surface area (Å²) in [4.78, 5) is 0.996. The Hall–Kier alpha value is -1.46. The first-order valence-electron chi connectivity index (χ1n) is 5.84. The maximum Gasteiger partial charge on any atom is 0.0947 e. The van der Waals surface area contributed by atoms with E-state index < -0.39 is 0 Å². The van der Waals surface area contributed by atoms with Crippen LogP contribution in [-0.4, -0.2) is 0 Å². The van der Waals surface area contributed by atoms with Gasteiger partial charge in [-0.05, 0) is 49.5 Å². The van der Waals surface area contributed by atoms with Crippen molar-refractivity contribution >= 4 is 12.6 Å². The minimum atomic E-state index is 0.894. The van der Waals surface area contributed by atoms with Gasteiger partial charge in [-0.25, -0.2) is 0 Å². The quantitative estimate of drug-likeness (QED) is 0.775. The van der Waals surface area contributed by atoms with Crippen LogP contribution in [0.3, 0.4) is 0 Å². The van der Waals surface area contributed by atoms with E-state index in [1.165, 1.54) is 11.1 Å². The molecular formula is C15H15NS. The fourth-order valence-electron chi connectivity index (χ4n) is 2.01. The van der Waals surface area contributed by atoms with Crippen molar-refractivity contribution in [1.29, 1.82) is 5.26 Å². The van der Waals surface area contributed by atoms with Crippen LogP contribution >= 0.6 is 12.6 Å². The number of hydrogen-bond donors (Lipinski definition) is 1. The minimum Gasteiger partial charge on any atom is -0.193 e. The highest BCUT2D eigenvalue weighted by Crippen LogP contribution is 2.21. The van der Waals surface area contributed by atoms with Crippen LogP contribution in [0.25, 0.3) is 0 Å². The zero-order chi connectivity index (χ0) is 12.1. The molecule has 1 aliphatic carbocycles. The molecule has 0 heterocycles. The van der Waals surface area contributed by atoms with Gasteiger partial charge < -0.3 is 0 Å². The van der Waals surface area contributed by atoms with Gasteiger partial charge in [0.15, 0.2) is 0 Å². The largest absolute Gasteiger partial charge is 0.193 e. The van der Waals surface area contributed by atoms with Crippen LogP contribution < -0.4 is 0 Å². The van der Waals surface area contributed by atoms with Gasteiger partial charge in [0.05, 0.1) is 6.07 Å². The second-order valence-corrected chi connectivity index (χ2v) is 4.84. The molecule has 0 fully saturated rings. The Morgan fingerprint density at radius 3 is 2.59 bits per heavy atom. The molecule has 1 aliphatic rings. The molecule has 0 saturated heterocycles. The van der Waals surface area contributed by atoms with Crippen molar-refractivity contribution in [2.45, 2.75) is 30.6 Å². The molecule has 0 amide bonds. The fourth-order valence-corrected chi connectivity index (χ4v) is 2.16. The van der Waals surface area contributed by atoms with Gasteiger partial charge in [-0.3, -0.25) is 0 Å². The summed E-state index contributed by atoms with van der Waals surface area (Å²) in [6.45, 7) is 0. The van der Waals surface area contributed by atoms with E-state index in [0.717, 1.165) is 36.2 Å². The monoisotopic (exact) mass is 241 g/mol. The highest BCUT2D eigenvalue weighted by atomic mass is 32.1. The van der Waals surface area contributed by atoms with Crippen molar-refractivity contribution in [3.05, 3.63) is 53.1 Å². The summed E-state index contributed by atoms with van der Waals surface area (Å²) in [7, 11) is 0. The third kappa shape index (κ3) is 3.51. The number of hydrogen-bond acceptors (Lipinski definition) is 2. The third-order valence-corrected chi connectivity index (χ3v) is 3.27. The molecule has 0 atom stereocenters. The smallest absolute Gasteiger partial charge is 0.0947 e. The molecule has 86 valence electrons. The predicted octanol–water partition coefficient (Wildman–Crippen LogP) is 4.08. The van der Waals surface area contributed by atoms with E-state index >= 15 is 0 Å². The first kappa shape index (κ1) is 12.0. The van der Waals surface area contributed by atoms with Gasteiger partial charge in [-0.1, -0.05) is 23.8 Å². The van der Waals surface area contributed by atoms with E-state index in [4.69, 9.17) is 5.26 Å². The Kier molecular flexibility index (Phi) is 4.06. The lowest BCUT2D eigenvalue weighted by Crippen LogP contribution is -1.90. The maximum atomic E-state index is 8.87. The topological polar surface area (TPSA) is 23.8 Å². The Bertz CT molecular complexity index is 489. The summed E-state index contributed by atoms with van der Waals surface area (Å²) in [5, 5.41) is 8.87. The van der Waals surface area contributed by atoms with Crippen molar-refractivity contribution in [3.63, 3.8) is 0 Å². The lowest BCUT2D eigenvalue weighted by molar-refractivity contribution is 0.807. The van der Waals surface area contributed by atoms with Crippen molar-refractivity contribution in [2.75, 3.05) is 0 Å². The summed E-state index contributed by atoms with van der Waals surface area (Å²) in [6.07, 6.45) is 8.13. The molecule has 1 nitrogen and oxygen atoms in total. The molecule has 2 rings (SSSR count). The van der Waals surface area contributed by atoms with Crippen molar-refractivity contribution in [1.82, 2.24) is 0 Å². The van der Waals surface area contributed by atoms with Crippen LogP contribution in [0.15, 0.2) is 52.5 Å². The summed E-state index contributed by atoms with van der Waals surface area (Å²) < 4.78 is 0. The van der Waals surface area contributed by atoms with E-state index in [9.17, 15) is 0 Å². The number of nitrogens with zero attached hydrogens (tertiary/aromatic N) is 1. The van der Waals surface area contributed by atoms with Crippen molar-refractivity contribution in [3.8, 4) is 6.07 Å². The van der Waals surface area contributed by atoms with Crippen molar-refractivity contribution < 1.29 is 0 Å². The molecular weight excluding hydrogens is 226 g/mol. The van der Waals surface area contributed by atoms with E-state index in [1.54, 1.807) is 0 Å². The Morgan fingerprint density at radius 2 is 1.88 bits per heavy atom. The van der Waals surface area contributed by atoms with Crippen LogP contribution in [0, 0.1) is 11.3 Å². The molecule has 0 spiro atoms. The minimum absolute atomic E-state index is 0.894. The van der Waals surface area contributed by atoms with Crippen LogP contribution in [0.1, 0.15) is 24.8 Å².